The normalized spacial score (nSPS) is 36.2. The Labute approximate surface area is 192 Å². The lowest BCUT2D eigenvalue weighted by atomic mass is 9.62. The quantitative estimate of drug-likeness (QED) is 0.596. The number of ether oxygens (including phenoxy) is 1. The fraction of sp³-hybridized carbons (Fsp3) is 0.609. The summed E-state index contributed by atoms with van der Waals surface area (Å²) in [5.74, 6) is -2.60. The Hall–Kier alpha value is -2.16. The van der Waals surface area contributed by atoms with Crippen LogP contribution in [0, 0.1) is 17.8 Å². The molecule has 4 rings (SSSR count). The first-order valence-electron chi connectivity index (χ1n) is 11.1. The Kier molecular flexibility index (Phi) is 5.76. The number of hydrogen-bond acceptors (Lipinski definition) is 5. The van der Waals surface area contributed by atoms with Gasteiger partial charge in [0.25, 0.3) is 0 Å². The molecule has 3 fully saturated rings. The maximum absolute atomic E-state index is 13.8. The average Bonchev–Trinajstić information content (AvgIpc) is 3.27. The monoisotopic (exact) mass is 463 g/mol. The Bertz CT molecular complexity index is 953. The van der Waals surface area contributed by atoms with Gasteiger partial charge in [0.1, 0.15) is 11.6 Å². The van der Waals surface area contributed by atoms with E-state index in [-0.39, 0.29) is 24.3 Å². The van der Waals surface area contributed by atoms with Crippen molar-refractivity contribution in [3.05, 3.63) is 29.3 Å². The number of amides is 3. The number of hydrogen-bond donors (Lipinski definition) is 3. The van der Waals surface area contributed by atoms with Crippen molar-refractivity contribution in [2.24, 2.45) is 17.8 Å². The largest absolute Gasteiger partial charge is 0.394 e. The number of para-hydroxylation sites is 1. The summed E-state index contributed by atoms with van der Waals surface area (Å²) in [6.45, 7) is 5.40. The van der Waals surface area contributed by atoms with Gasteiger partial charge >= 0.3 is 0 Å². The summed E-state index contributed by atoms with van der Waals surface area (Å²) in [5.41, 5.74) is -1.59. The molecule has 1 aromatic carbocycles. The van der Waals surface area contributed by atoms with Gasteiger partial charge in [-0.15, -0.1) is 0 Å². The van der Waals surface area contributed by atoms with Crippen LogP contribution in [-0.2, 0) is 19.1 Å². The van der Waals surface area contributed by atoms with E-state index in [2.05, 4.69) is 10.6 Å². The number of fused-ring (bicyclic) bond motifs is 1. The lowest BCUT2D eigenvalue weighted by Crippen LogP contribution is -2.56. The van der Waals surface area contributed by atoms with Crippen LogP contribution in [0.2, 0.25) is 5.02 Å². The third-order valence-electron chi connectivity index (χ3n) is 7.74. The number of carbonyl (C=O) groups is 3. The molecule has 9 heteroatoms. The predicted octanol–water partition coefficient (Wildman–Crippen LogP) is 1.81. The molecule has 8 nitrogen and oxygen atoms in total. The molecule has 1 aromatic rings. The van der Waals surface area contributed by atoms with E-state index in [0.29, 0.717) is 23.6 Å². The van der Waals surface area contributed by atoms with Crippen molar-refractivity contribution in [2.75, 3.05) is 19.0 Å². The van der Waals surface area contributed by atoms with Crippen molar-refractivity contribution in [3.8, 4) is 0 Å². The molecule has 3 unspecified atom stereocenters. The second-order valence-electron chi connectivity index (χ2n) is 9.28. The Morgan fingerprint density at radius 1 is 1.34 bits per heavy atom. The maximum atomic E-state index is 13.8. The molecule has 32 heavy (non-hydrogen) atoms. The first-order chi connectivity index (χ1) is 15.2. The molecule has 3 N–H and O–H groups in total. The van der Waals surface area contributed by atoms with Crippen LogP contribution < -0.4 is 10.6 Å². The minimum absolute atomic E-state index is 0.0429. The SMILES string of the molecule is CC[C@@H](CO)N1C(=O)[C@@H]2[C@H](C(=O)NC)[C@@]3(C)OC2(CC3C)C1C(=O)Nc1ccccc1Cl. The number of nitrogens with zero attached hydrogens (tertiary/aromatic N) is 1. The number of rotatable bonds is 6. The van der Waals surface area contributed by atoms with Gasteiger partial charge in [0.15, 0.2) is 0 Å². The van der Waals surface area contributed by atoms with Gasteiger partial charge in [0.05, 0.1) is 40.8 Å². The Balaban J connectivity index is 1.82. The summed E-state index contributed by atoms with van der Waals surface area (Å²) in [4.78, 5) is 41.9. The highest BCUT2D eigenvalue weighted by Gasteiger charge is 2.80. The minimum atomic E-state index is -1.16. The van der Waals surface area contributed by atoms with Gasteiger partial charge in [-0.1, -0.05) is 37.6 Å². The fourth-order valence-electron chi connectivity index (χ4n) is 6.10. The van der Waals surface area contributed by atoms with Gasteiger partial charge in [-0.2, -0.15) is 0 Å². The average molecular weight is 464 g/mol. The molecule has 0 saturated carbocycles. The zero-order valence-corrected chi connectivity index (χ0v) is 19.5. The zero-order chi connectivity index (χ0) is 23.4. The molecule has 0 radical (unpaired) electrons. The van der Waals surface area contributed by atoms with E-state index in [1.54, 1.807) is 24.3 Å². The van der Waals surface area contributed by atoms with Crippen LogP contribution in [0.4, 0.5) is 5.69 Å². The Morgan fingerprint density at radius 3 is 2.62 bits per heavy atom. The van der Waals surface area contributed by atoms with Gasteiger partial charge in [0.2, 0.25) is 17.7 Å². The molecule has 3 aliphatic heterocycles. The van der Waals surface area contributed by atoms with Crippen LogP contribution in [0.15, 0.2) is 24.3 Å². The summed E-state index contributed by atoms with van der Waals surface area (Å²) < 4.78 is 6.56. The van der Waals surface area contributed by atoms with Crippen LogP contribution in [0.3, 0.4) is 0 Å². The smallest absolute Gasteiger partial charge is 0.250 e. The van der Waals surface area contributed by atoms with Gasteiger partial charge in [-0.05, 0) is 37.8 Å². The first-order valence-corrected chi connectivity index (χ1v) is 11.4. The van der Waals surface area contributed by atoms with E-state index in [0.717, 1.165) is 0 Å². The van der Waals surface area contributed by atoms with Crippen molar-refractivity contribution in [1.82, 2.24) is 10.2 Å². The summed E-state index contributed by atoms with van der Waals surface area (Å²) >= 11 is 6.25. The molecule has 1 spiro atoms. The summed E-state index contributed by atoms with van der Waals surface area (Å²) in [7, 11) is 1.54. The second-order valence-corrected chi connectivity index (χ2v) is 9.68. The molecule has 2 bridgehead atoms. The van der Waals surface area contributed by atoms with Crippen LogP contribution in [0.1, 0.15) is 33.6 Å². The summed E-state index contributed by atoms with van der Waals surface area (Å²) in [6, 6.07) is 5.30. The molecular formula is C23H30ClN3O5. The molecule has 3 amide bonds. The van der Waals surface area contributed by atoms with Crippen molar-refractivity contribution in [2.45, 2.75) is 56.9 Å². The first kappa shape index (κ1) is 23.0. The van der Waals surface area contributed by atoms with Crippen LogP contribution in [-0.4, -0.2) is 64.7 Å². The number of carbonyl (C=O) groups excluding carboxylic acids is 3. The molecule has 7 atom stereocenters. The highest BCUT2D eigenvalue weighted by molar-refractivity contribution is 6.33. The summed E-state index contributed by atoms with van der Waals surface area (Å²) in [6.07, 6.45) is 0.921. The lowest BCUT2D eigenvalue weighted by molar-refractivity contribution is -0.149. The third kappa shape index (κ3) is 2.99. The molecule has 0 aliphatic carbocycles. The van der Waals surface area contributed by atoms with E-state index < -0.39 is 41.0 Å². The predicted molar refractivity (Wildman–Crippen MR) is 119 cm³/mol. The third-order valence-corrected chi connectivity index (χ3v) is 8.07. The van der Waals surface area contributed by atoms with Crippen molar-refractivity contribution >= 4 is 35.0 Å². The minimum Gasteiger partial charge on any atom is -0.394 e. The number of nitrogens with one attached hydrogen (secondary N) is 2. The van der Waals surface area contributed by atoms with Crippen LogP contribution in [0.25, 0.3) is 0 Å². The fourth-order valence-corrected chi connectivity index (χ4v) is 6.29. The number of aliphatic hydroxyl groups excluding tert-OH is 1. The Morgan fingerprint density at radius 2 is 2.03 bits per heavy atom. The van der Waals surface area contributed by atoms with E-state index in [4.69, 9.17) is 16.3 Å². The number of likely N-dealkylation sites (tertiary alicyclic amines) is 1. The molecule has 3 saturated heterocycles. The number of anilines is 1. The number of aliphatic hydroxyl groups is 1. The van der Waals surface area contributed by atoms with Gasteiger partial charge in [-0.25, -0.2) is 0 Å². The van der Waals surface area contributed by atoms with E-state index in [1.165, 1.54) is 11.9 Å². The van der Waals surface area contributed by atoms with Crippen LogP contribution >= 0.6 is 11.6 Å². The highest BCUT2D eigenvalue weighted by atomic mass is 35.5. The van der Waals surface area contributed by atoms with Crippen molar-refractivity contribution in [3.63, 3.8) is 0 Å². The molecule has 174 valence electrons. The molecule has 3 heterocycles. The lowest BCUT2D eigenvalue weighted by Gasteiger charge is -2.36. The summed E-state index contributed by atoms with van der Waals surface area (Å²) in [5, 5.41) is 15.9. The molecule has 3 aliphatic rings. The van der Waals surface area contributed by atoms with Gasteiger partial charge in [0, 0.05) is 7.05 Å². The standard InChI is InChI=1S/C23H30ClN3O5/c1-5-13(11-28)27-18(20(30)26-15-9-7-6-8-14(15)24)23-10-12(2)22(3,32-23)16(19(29)25-4)17(23)21(27)31/h6-9,12-13,16-18,28H,5,10-11H2,1-4H3,(H,25,29)(H,26,30)/t12?,13-,16+,17-,18?,22-,23?/m0/s1. The van der Waals surface area contributed by atoms with Crippen molar-refractivity contribution < 1.29 is 24.2 Å². The second kappa shape index (κ2) is 8.01. The maximum Gasteiger partial charge on any atom is 0.250 e. The van der Waals surface area contributed by atoms with E-state index in [9.17, 15) is 19.5 Å². The highest BCUT2D eigenvalue weighted by Crippen LogP contribution is 2.65. The molecule has 0 aromatic heterocycles. The van der Waals surface area contributed by atoms with Gasteiger partial charge < -0.3 is 25.4 Å². The van der Waals surface area contributed by atoms with Gasteiger partial charge in [-0.3, -0.25) is 14.4 Å². The molecular weight excluding hydrogens is 434 g/mol. The number of halogens is 1. The van der Waals surface area contributed by atoms with E-state index in [1.807, 2.05) is 20.8 Å². The van der Waals surface area contributed by atoms with Crippen LogP contribution in [0.5, 0.6) is 0 Å². The number of benzene rings is 1. The topological polar surface area (TPSA) is 108 Å². The van der Waals surface area contributed by atoms with E-state index >= 15 is 0 Å². The van der Waals surface area contributed by atoms with Crippen molar-refractivity contribution in [1.29, 1.82) is 0 Å². The zero-order valence-electron chi connectivity index (χ0n) is 18.7.